The number of hydrogen-bond acceptors (Lipinski definition) is 3. The number of benzene rings is 1. The van der Waals surface area contributed by atoms with Gasteiger partial charge in [0.05, 0.1) is 12.5 Å². The average molecular weight is 353 g/mol. The second-order valence-corrected chi connectivity index (χ2v) is 6.73. The highest BCUT2D eigenvalue weighted by Gasteiger charge is 2.30. The predicted octanol–water partition coefficient (Wildman–Crippen LogP) is 4.14. The fourth-order valence-corrected chi connectivity index (χ4v) is 3.63. The van der Waals surface area contributed by atoms with Crippen LogP contribution in [0.25, 0.3) is 11.1 Å². The van der Waals surface area contributed by atoms with E-state index in [1.54, 1.807) is 24.6 Å². The van der Waals surface area contributed by atoms with Crippen LogP contribution < -0.4 is 0 Å². The number of halogens is 1. The Bertz CT molecular complexity index is 931. The quantitative estimate of drug-likeness (QED) is 0.770. The van der Waals surface area contributed by atoms with E-state index in [9.17, 15) is 9.18 Å². The normalized spacial score (nSPS) is 17.5. The van der Waals surface area contributed by atoms with Crippen molar-refractivity contribution in [2.45, 2.75) is 25.7 Å². The van der Waals surface area contributed by atoms with Gasteiger partial charge < -0.3 is 9.32 Å². The van der Waals surface area contributed by atoms with Crippen LogP contribution in [0.4, 0.5) is 4.39 Å². The van der Waals surface area contributed by atoms with Gasteiger partial charge >= 0.3 is 0 Å². The first-order valence-corrected chi connectivity index (χ1v) is 8.76. The van der Waals surface area contributed by atoms with Gasteiger partial charge in [0.25, 0.3) is 5.91 Å². The molecular formula is C20H20FN3O2. The summed E-state index contributed by atoms with van der Waals surface area (Å²) in [6.07, 6.45) is 5.12. The largest absolute Gasteiger partial charge is 0.459 e. The Kier molecular flexibility index (Phi) is 4.32. The summed E-state index contributed by atoms with van der Waals surface area (Å²) < 4.78 is 19.0. The minimum atomic E-state index is -0.275. The summed E-state index contributed by atoms with van der Waals surface area (Å²) in [4.78, 5) is 14.6. The van der Waals surface area contributed by atoms with E-state index >= 15 is 0 Å². The van der Waals surface area contributed by atoms with E-state index in [1.807, 2.05) is 17.9 Å². The second-order valence-electron chi connectivity index (χ2n) is 6.73. The first-order valence-electron chi connectivity index (χ1n) is 8.76. The lowest BCUT2D eigenvalue weighted by Gasteiger charge is -2.32. The molecule has 1 aromatic carbocycles. The van der Waals surface area contributed by atoms with Gasteiger partial charge in [-0.25, -0.2) is 4.39 Å². The number of amides is 1. The van der Waals surface area contributed by atoms with Crippen LogP contribution in [-0.2, 0) is 0 Å². The van der Waals surface area contributed by atoms with E-state index < -0.39 is 0 Å². The third-order valence-electron chi connectivity index (χ3n) is 4.98. The Balaban J connectivity index is 1.59. The van der Waals surface area contributed by atoms with Crippen LogP contribution in [0.3, 0.4) is 0 Å². The third-order valence-corrected chi connectivity index (χ3v) is 4.98. The molecule has 3 heterocycles. The number of nitrogens with one attached hydrogen (secondary N) is 1. The van der Waals surface area contributed by atoms with Gasteiger partial charge in [0.2, 0.25) is 0 Å². The number of aromatic nitrogens is 2. The number of aromatic amines is 1. The highest BCUT2D eigenvalue weighted by atomic mass is 19.1. The molecule has 26 heavy (non-hydrogen) atoms. The zero-order valence-electron chi connectivity index (χ0n) is 14.5. The van der Waals surface area contributed by atoms with Crippen molar-refractivity contribution < 1.29 is 13.6 Å². The molecule has 3 aromatic rings. The number of rotatable bonds is 3. The van der Waals surface area contributed by atoms with Crippen LogP contribution in [0, 0.1) is 12.7 Å². The van der Waals surface area contributed by atoms with Crippen LogP contribution in [0.2, 0.25) is 0 Å². The molecule has 1 N–H and O–H groups in total. The minimum absolute atomic E-state index is 0.0796. The number of piperidine rings is 1. The molecule has 0 saturated carbocycles. The van der Waals surface area contributed by atoms with E-state index in [2.05, 4.69) is 10.2 Å². The number of carbonyl (C=O) groups is 1. The molecule has 1 saturated heterocycles. The molecule has 0 unspecified atom stereocenters. The lowest BCUT2D eigenvalue weighted by molar-refractivity contribution is 0.0672. The Morgan fingerprint density at radius 2 is 2.27 bits per heavy atom. The maximum atomic E-state index is 13.6. The smallest absolute Gasteiger partial charge is 0.289 e. The fraction of sp³-hybridized carbons (Fsp3) is 0.300. The summed E-state index contributed by atoms with van der Waals surface area (Å²) >= 11 is 0. The zero-order chi connectivity index (χ0) is 18.1. The van der Waals surface area contributed by atoms with Crippen molar-refractivity contribution in [3.63, 3.8) is 0 Å². The molecule has 1 fully saturated rings. The van der Waals surface area contributed by atoms with Gasteiger partial charge in [-0.05, 0) is 43.5 Å². The summed E-state index contributed by atoms with van der Waals surface area (Å²) in [6.45, 7) is 3.16. The number of furan rings is 1. The molecule has 0 spiro atoms. The maximum Gasteiger partial charge on any atom is 0.289 e. The molecule has 1 atom stereocenters. The maximum absolute atomic E-state index is 13.6. The molecule has 0 bridgehead atoms. The van der Waals surface area contributed by atoms with Gasteiger partial charge in [-0.2, -0.15) is 5.10 Å². The van der Waals surface area contributed by atoms with Gasteiger partial charge in [-0.15, -0.1) is 0 Å². The van der Waals surface area contributed by atoms with Crippen molar-refractivity contribution in [2.24, 2.45) is 0 Å². The van der Waals surface area contributed by atoms with Crippen LogP contribution in [0.1, 0.15) is 40.6 Å². The predicted molar refractivity (Wildman–Crippen MR) is 95.3 cm³/mol. The molecule has 5 nitrogen and oxygen atoms in total. The Morgan fingerprint density at radius 3 is 3.04 bits per heavy atom. The van der Waals surface area contributed by atoms with E-state index in [1.165, 1.54) is 12.1 Å². The fourth-order valence-electron chi connectivity index (χ4n) is 3.63. The Morgan fingerprint density at radius 1 is 1.38 bits per heavy atom. The van der Waals surface area contributed by atoms with Crippen LogP contribution in [0.15, 0.2) is 47.2 Å². The molecule has 0 radical (unpaired) electrons. The summed E-state index contributed by atoms with van der Waals surface area (Å²) in [5, 5.41) is 7.23. The number of H-pyrrole nitrogens is 1. The summed E-state index contributed by atoms with van der Waals surface area (Å²) in [5.74, 6) is 0.178. The molecule has 6 heteroatoms. The molecule has 0 aliphatic carbocycles. The van der Waals surface area contributed by atoms with Crippen molar-refractivity contribution in [3.05, 3.63) is 65.6 Å². The SMILES string of the molecule is Cc1ccoc1C(=O)N1CCC[C@@H](c2[nH]ncc2-c2cccc(F)c2)C1. The van der Waals surface area contributed by atoms with E-state index in [-0.39, 0.29) is 17.6 Å². The number of nitrogens with zero attached hydrogens (tertiary/aromatic N) is 2. The zero-order valence-corrected chi connectivity index (χ0v) is 14.5. The topological polar surface area (TPSA) is 62.1 Å². The van der Waals surface area contributed by atoms with Crippen LogP contribution in [0.5, 0.6) is 0 Å². The lowest BCUT2D eigenvalue weighted by atomic mass is 9.90. The second kappa shape index (κ2) is 6.78. The summed E-state index contributed by atoms with van der Waals surface area (Å²) in [5.41, 5.74) is 3.47. The molecular weight excluding hydrogens is 333 g/mol. The lowest BCUT2D eigenvalue weighted by Crippen LogP contribution is -2.39. The summed E-state index contributed by atoms with van der Waals surface area (Å²) in [7, 11) is 0. The van der Waals surface area contributed by atoms with E-state index in [0.717, 1.165) is 35.2 Å². The van der Waals surface area contributed by atoms with Gasteiger partial charge in [-0.3, -0.25) is 9.89 Å². The van der Waals surface area contributed by atoms with E-state index in [0.29, 0.717) is 18.8 Å². The highest BCUT2D eigenvalue weighted by molar-refractivity contribution is 5.93. The molecule has 2 aromatic heterocycles. The van der Waals surface area contributed by atoms with Gasteiger partial charge in [0.15, 0.2) is 5.76 Å². The number of aryl methyl sites for hydroxylation is 1. The molecule has 4 rings (SSSR count). The monoisotopic (exact) mass is 353 g/mol. The molecule has 134 valence electrons. The first-order chi connectivity index (χ1) is 12.6. The Hall–Kier alpha value is -2.89. The van der Waals surface area contributed by atoms with Gasteiger partial charge in [-0.1, -0.05) is 12.1 Å². The first kappa shape index (κ1) is 16.6. The standard InChI is InChI=1S/C20H20FN3O2/c1-13-7-9-26-19(13)20(25)24-8-3-5-15(12-24)18-17(11-22-23-18)14-4-2-6-16(21)10-14/h2,4,6-7,9-11,15H,3,5,8,12H2,1H3,(H,22,23)/t15-/m1/s1. The molecule has 1 aliphatic rings. The van der Waals surface area contributed by atoms with Crippen molar-refractivity contribution in [2.75, 3.05) is 13.1 Å². The van der Waals surface area contributed by atoms with Gasteiger partial charge in [0, 0.05) is 35.8 Å². The van der Waals surface area contributed by atoms with Crippen LogP contribution in [-0.4, -0.2) is 34.1 Å². The molecule has 1 amide bonds. The average Bonchev–Trinajstić information content (AvgIpc) is 3.30. The number of hydrogen-bond donors (Lipinski definition) is 1. The number of carbonyl (C=O) groups excluding carboxylic acids is 1. The highest BCUT2D eigenvalue weighted by Crippen LogP contribution is 2.33. The van der Waals surface area contributed by atoms with Crippen LogP contribution >= 0.6 is 0 Å². The number of likely N-dealkylation sites (tertiary alicyclic amines) is 1. The minimum Gasteiger partial charge on any atom is -0.459 e. The summed E-state index contributed by atoms with van der Waals surface area (Å²) in [6, 6.07) is 8.29. The van der Waals surface area contributed by atoms with Crippen molar-refractivity contribution in [1.29, 1.82) is 0 Å². The van der Waals surface area contributed by atoms with Crippen molar-refractivity contribution in [1.82, 2.24) is 15.1 Å². The van der Waals surface area contributed by atoms with Gasteiger partial charge in [0.1, 0.15) is 5.82 Å². The molecule has 1 aliphatic heterocycles. The van der Waals surface area contributed by atoms with E-state index in [4.69, 9.17) is 4.42 Å². The van der Waals surface area contributed by atoms with Crippen molar-refractivity contribution in [3.8, 4) is 11.1 Å². The van der Waals surface area contributed by atoms with Crippen molar-refractivity contribution >= 4 is 5.91 Å². The third kappa shape index (κ3) is 3.03. The Labute approximate surface area is 150 Å².